The van der Waals surface area contributed by atoms with Crippen molar-refractivity contribution >= 4 is 41.0 Å². The van der Waals surface area contributed by atoms with Crippen molar-refractivity contribution in [2.45, 2.75) is 59.8 Å². The number of amides is 3. The summed E-state index contributed by atoms with van der Waals surface area (Å²) in [6, 6.07) is 6.78. The zero-order valence-corrected chi connectivity index (χ0v) is 21.8. The molecule has 0 aliphatic heterocycles. The van der Waals surface area contributed by atoms with Gasteiger partial charge < -0.3 is 15.5 Å². The van der Waals surface area contributed by atoms with Crippen LogP contribution in [-0.2, 0) is 10.2 Å². The van der Waals surface area contributed by atoms with Gasteiger partial charge in [-0.2, -0.15) is 5.10 Å². The lowest BCUT2D eigenvalue weighted by atomic mass is 9.92. The molecule has 1 aromatic carbocycles. The summed E-state index contributed by atoms with van der Waals surface area (Å²) in [5, 5.41) is 11.3. The molecule has 0 aliphatic rings. The fraction of sp³-hybridized carbons (Fsp3) is 0.542. The number of anilines is 1. The van der Waals surface area contributed by atoms with E-state index < -0.39 is 0 Å². The van der Waals surface area contributed by atoms with E-state index in [0.29, 0.717) is 34.6 Å². The van der Waals surface area contributed by atoms with Gasteiger partial charge in [0, 0.05) is 24.6 Å². The van der Waals surface area contributed by atoms with Crippen molar-refractivity contribution in [3.05, 3.63) is 40.0 Å². The van der Waals surface area contributed by atoms with Crippen molar-refractivity contribution in [1.82, 2.24) is 20.0 Å². The second-order valence-corrected chi connectivity index (χ2v) is 10.4. The number of carbonyl (C=O) groups excluding carboxylic acids is 2. The number of rotatable bonds is 9. The number of carbonyl (C=O) groups is 2. The Bertz CT molecular complexity index is 966. The minimum Gasteiger partial charge on any atom is -0.338 e. The van der Waals surface area contributed by atoms with Crippen LogP contribution in [0.3, 0.4) is 0 Å². The smallest absolute Gasteiger partial charge is 0.317 e. The normalized spacial score (nSPS) is 11.5. The van der Waals surface area contributed by atoms with Crippen LogP contribution in [0.5, 0.6) is 0 Å². The third-order valence-corrected chi connectivity index (χ3v) is 5.65. The number of unbranched alkanes of at least 4 members (excludes halogenated alkanes) is 1. The molecule has 3 amide bonds. The first-order valence-electron chi connectivity index (χ1n) is 11.3. The van der Waals surface area contributed by atoms with Crippen LogP contribution in [0.2, 0.25) is 10.0 Å². The van der Waals surface area contributed by atoms with Gasteiger partial charge in [-0.15, -0.1) is 0 Å². The van der Waals surface area contributed by atoms with Crippen molar-refractivity contribution < 1.29 is 9.59 Å². The third kappa shape index (κ3) is 7.93. The Morgan fingerprint density at radius 3 is 2.42 bits per heavy atom. The molecule has 0 radical (unpaired) electrons. The maximum Gasteiger partial charge on any atom is 0.317 e. The second kappa shape index (κ2) is 11.7. The quantitative estimate of drug-likeness (QED) is 0.426. The number of halogens is 2. The minimum atomic E-state index is -0.303. The summed E-state index contributed by atoms with van der Waals surface area (Å²) in [7, 11) is 0. The van der Waals surface area contributed by atoms with E-state index >= 15 is 0 Å². The van der Waals surface area contributed by atoms with E-state index in [2.05, 4.69) is 17.6 Å². The van der Waals surface area contributed by atoms with Crippen LogP contribution in [0.25, 0.3) is 5.69 Å². The average molecular weight is 496 g/mol. The van der Waals surface area contributed by atoms with Gasteiger partial charge in [-0.05, 0) is 30.5 Å². The zero-order valence-electron chi connectivity index (χ0n) is 20.3. The molecule has 0 fully saturated rings. The highest BCUT2D eigenvalue weighted by Gasteiger charge is 2.23. The lowest BCUT2D eigenvalue weighted by molar-refractivity contribution is -0.116. The van der Waals surface area contributed by atoms with E-state index in [1.165, 1.54) is 0 Å². The summed E-state index contributed by atoms with van der Waals surface area (Å²) in [5.74, 6) is 0.422. The molecule has 7 nitrogen and oxygen atoms in total. The maximum absolute atomic E-state index is 13.0. The summed E-state index contributed by atoms with van der Waals surface area (Å²) in [6.45, 7) is 13.2. The summed E-state index contributed by atoms with van der Waals surface area (Å²) in [6.07, 6.45) is 1.88. The van der Waals surface area contributed by atoms with Crippen molar-refractivity contribution in [2.24, 2.45) is 5.92 Å². The molecular weight excluding hydrogens is 461 g/mol. The largest absolute Gasteiger partial charge is 0.338 e. The highest BCUT2D eigenvalue weighted by atomic mass is 35.5. The third-order valence-electron chi connectivity index (χ3n) is 4.91. The van der Waals surface area contributed by atoms with Crippen molar-refractivity contribution in [3.63, 3.8) is 0 Å². The highest BCUT2D eigenvalue weighted by Crippen LogP contribution is 2.29. The molecule has 2 N–H and O–H groups in total. The molecule has 0 bridgehead atoms. The number of aromatic nitrogens is 2. The molecular formula is C24H35Cl2N5O2. The fourth-order valence-electron chi connectivity index (χ4n) is 3.15. The summed E-state index contributed by atoms with van der Waals surface area (Å²) >= 11 is 12.3. The minimum absolute atomic E-state index is 0.0620. The molecule has 0 aliphatic carbocycles. The molecule has 0 unspecified atom stereocenters. The predicted molar refractivity (Wildman–Crippen MR) is 136 cm³/mol. The first-order valence-corrected chi connectivity index (χ1v) is 12.1. The number of nitrogens with zero attached hydrogens (tertiary/aromatic N) is 3. The molecule has 0 saturated carbocycles. The molecule has 182 valence electrons. The Labute approximate surface area is 206 Å². The van der Waals surface area contributed by atoms with Gasteiger partial charge in [0.25, 0.3) is 0 Å². The van der Waals surface area contributed by atoms with Gasteiger partial charge in [0.15, 0.2) is 0 Å². The molecule has 33 heavy (non-hydrogen) atoms. The first kappa shape index (κ1) is 27.0. The van der Waals surface area contributed by atoms with Gasteiger partial charge >= 0.3 is 6.03 Å². The number of nitrogens with one attached hydrogen (secondary N) is 2. The average Bonchev–Trinajstić information content (AvgIpc) is 3.13. The maximum atomic E-state index is 13.0. The predicted octanol–water partition coefficient (Wildman–Crippen LogP) is 5.88. The van der Waals surface area contributed by atoms with Crippen molar-refractivity contribution in [3.8, 4) is 5.69 Å². The number of urea groups is 1. The van der Waals surface area contributed by atoms with Crippen LogP contribution in [0.4, 0.5) is 10.6 Å². The Morgan fingerprint density at radius 2 is 1.85 bits per heavy atom. The topological polar surface area (TPSA) is 79.3 Å². The molecule has 9 heteroatoms. The van der Waals surface area contributed by atoms with Gasteiger partial charge in [-0.1, -0.05) is 71.2 Å². The molecule has 2 rings (SSSR count). The number of hydrogen-bond acceptors (Lipinski definition) is 3. The summed E-state index contributed by atoms with van der Waals surface area (Å²) in [4.78, 5) is 27.1. The summed E-state index contributed by atoms with van der Waals surface area (Å²) in [5.41, 5.74) is 1.25. The van der Waals surface area contributed by atoms with Crippen molar-refractivity contribution in [1.29, 1.82) is 0 Å². The van der Waals surface area contributed by atoms with E-state index in [0.717, 1.165) is 18.5 Å². The van der Waals surface area contributed by atoms with Crippen LogP contribution in [0, 0.1) is 5.92 Å². The Morgan fingerprint density at radius 1 is 1.15 bits per heavy atom. The Balaban J connectivity index is 2.27. The van der Waals surface area contributed by atoms with E-state index in [4.69, 9.17) is 28.3 Å². The van der Waals surface area contributed by atoms with Crippen LogP contribution < -0.4 is 10.6 Å². The SMILES string of the molecule is CCCCNC(=O)N(CC(=O)Nc1cc(C(C)(C)C)nn1-c1ccc(Cl)c(Cl)c1)CC(C)C. The molecule has 0 spiro atoms. The van der Waals surface area contributed by atoms with Crippen LogP contribution in [0.15, 0.2) is 24.3 Å². The van der Waals surface area contributed by atoms with Gasteiger partial charge in [0.2, 0.25) is 5.91 Å². The highest BCUT2D eigenvalue weighted by molar-refractivity contribution is 6.42. The molecule has 1 heterocycles. The molecule has 2 aromatic rings. The van der Waals surface area contributed by atoms with Crippen LogP contribution in [0.1, 0.15) is 60.1 Å². The monoisotopic (exact) mass is 495 g/mol. The van der Waals surface area contributed by atoms with Gasteiger partial charge in [0.1, 0.15) is 12.4 Å². The van der Waals surface area contributed by atoms with Gasteiger partial charge in [-0.3, -0.25) is 4.79 Å². The lowest BCUT2D eigenvalue weighted by Crippen LogP contribution is -2.46. The second-order valence-electron chi connectivity index (χ2n) is 9.58. The van der Waals surface area contributed by atoms with E-state index in [9.17, 15) is 9.59 Å². The molecule has 0 saturated heterocycles. The fourth-order valence-corrected chi connectivity index (χ4v) is 3.44. The van der Waals surface area contributed by atoms with Crippen LogP contribution >= 0.6 is 23.2 Å². The Kier molecular flexibility index (Phi) is 9.61. The lowest BCUT2D eigenvalue weighted by Gasteiger charge is -2.24. The van der Waals surface area contributed by atoms with E-state index in [-0.39, 0.29) is 29.8 Å². The number of hydrogen-bond donors (Lipinski definition) is 2. The Hall–Kier alpha value is -2.25. The zero-order chi connectivity index (χ0) is 24.8. The number of benzene rings is 1. The summed E-state index contributed by atoms with van der Waals surface area (Å²) < 4.78 is 1.63. The van der Waals surface area contributed by atoms with E-state index in [1.807, 2.05) is 40.7 Å². The molecule has 0 atom stereocenters. The van der Waals surface area contributed by atoms with Gasteiger partial charge in [-0.25, -0.2) is 9.48 Å². The van der Waals surface area contributed by atoms with Crippen molar-refractivity contribution in [2.75, 3.05) is 25.0 Å². The first-order chi connectivity index (χ1) is 15.4. The molecule has 1 aromatic heterocycles. The van der Waals surface area contributed by atoms with Gasteiger partial charge in [0.05, 0.1) is 21.4 Å². The standard InChI is InChI=1S/C24H35Cl2N5O2/c1-7-8-11-27-23(33)30(14-16(2)3)15-22(32)28-21-13-20(24(4,5)6)29-31(21)17-9-10-18(25)19(26)12-17/h9-10,12-13,16H,7-8,11,14-15H2,1-6H3,(H,27,33)(H,28,32). The van der Waals surface area contributed by atoms with E-state index in [1.54, 1.807) is 27.8 Å². The van der Waals surface area contributed by atoms with Crippen LogP contribution in [-0.4, -0.2) is 46.3 Å².